The molecule has 1 fully saturated rings. The zero-order valence-corrected chi connectivity index (χ0v) is 12.5. The predicted octanol–water partition coefficient (Wildman–Crippen LogP) is 4.03. The van der Waals surface area contributed by atoms with Crippen molar-refractivity contribution in [3.8, 4) is 0 Å². The van der Waals surface area contributed by atoms with Crippen molar-refractivity contribution < 1.29 is 4.79 Å². The van der Waals surface area contributed by atoms with Gasteiger partial charge in [-0.2, -0.15) is 0 Å². The molecule has 2 atom stereocenters. The predicted molar refractivity (Wildman–Crippen MR) is 79.8 cm³/mol. The molecule has 0 bridgehead atoms. The number of carbonyl (C=O) groups excluding carboxylic acids is 1. The zero-order valence-electron chi connectivity index (χ0n) is 11.7. The van der Waals surface area contributed by atoms with Crippen LogP contribution < -0.4 is 0 Å². The van der Waals surface area contributed by atoms with Crippen molar-refractivity contribution in [2.24, 2.45) is 5.92 Å². The maximum atomic E-state index is 12.5. The van der Waals surface area contributed by atoms with Gasteiger partial charge in [-0.3, -0.25) is 9.69 Å². The van der Waals surface area contributed by atoms with Gasteiger partial charge >= 0.3 is 0 Å². The van der Waals surface area contributed by atoms with E-state index in [0.717, 1.165) is 24.6 Å². The molecular weight excluding hydrogens is 258 g/mol. The van der Waals surface area contributed by atoms with Crippen molar-refractivity contribution in [3.63, 3.8) is 0 Å². The van der Waals surface area contributed by atoms with Gasteiger partial charge in [-0.25, -0.2) is 0 Å². The van der Waals surface area contributed by atoms with E-state index in [-0.39, 0.29) is 11.8 Å². The Labute approximate surface area is 120 Å². The maximum Gasteiger partial charge on any atom is 0.179 e. The first kappa shape index (κ1) is 14.5. The SMILES string of the molecule is CC1CCCN(C(C)C(=O)c2cccc(Cl)c2)CC1. The molecule has 2 rings (SSSR count). The summed E-state index contributed by atoms with van der Waals surface area (Å²) in [5.41, 5.74) is 0.720. The van der Waals surface area contributed by atoms with Gasteiger partial charge in [0.2, 0.25) is 0 Å². The minimum absolute atomic E-state index is 0.0521. The van der Waals surface area contributed by atoms with Gasteiger partial charge in [0.1, 0.15) is 0 Å². The summed E-state index contributed by atoms with van der Waals surface area (Å²) in [4.78, 5) is 14.8. The average Bonchev–Trinajstić information content (AvgIpc) is 2.62. The van der Waals surface area contributed by atoms with Crippen molar-refractivity contribution in [1.29, 1.82) is 0 Å². The lowest BCUT2D eigenvalue weighted by molar-refractivity contribution is 0.0841. The Morgan fingerprint density at radius 1 is 1.37 bits per heavy atom. The van der Waals surface area contributed by atoms with Crippen LogP contribution in [0.1, 0.15) is 43.5 Å². The Morgan fingerprint density at radius 2 is 2.16 bits per heavy atom. The van der Waals surface area contributed by atoms with E-state index in [1.165, 1.54) is 19.3 Å². The summed E-state index contributed by atoms with van der Waals surface area (Å²) in [6.45, 7) is 6.36. The molecule has 0 spiro atoms. The molecule has 0 aromatic heterocycles. The van der Waals surface area contributed by atoms with Crippen LogP contribution in [0.4, 0.5) is 0 Å². The number of Topliss-reactive ketones (excluding diaryl/α,β-unsaturated/α-hetero) is 1. The van der Waals surface area contributed by atoms with E-state index in [1.807, 2.05) is 19.1 Å². The highest BCUT2D eigenvalue weighted by atomic mass is 35.5. The molecule has 1 aliphatic heterocycles. The van der Waals surface area contributed by atoms with E-state index in [4.69, 9.17) is 11.6 Å². The number of benzene rings is 1. The molecule has 0 radical (unpaired) electrons. The molecule has 2 nitrogen and oxygen atoms in total. The molecule has 1 aromatic carbocycles. The second-order valence-corrected chi connectivity index (χ2v) is 6.06. The van der Waals surface area contributed by atoms with E-state index in [0.29, 0.717) is 5.02 Å². The molecule has 0 saturated carbocycles. The number of rotatable bonds is 3. The molecule has 1 saturated heterocycles. The fourth-order valence-electron chi connectivity index (χ4n) is 2.72. The summed E-state index contributed by atoms with van der Waals surface area (Å²) in [5, 5.41) is 0.627. The summed E-state index contributed by atoms with van der Waals surface area (Å²) >= 11 is 5.96. The third-order valence-electron chi connectivity index (χ3n) is 4.09. The number of carbonyl (C=O) groups is 1. The Morgan fingerprint density at radius 3 is 2.89 bits per heavy atom. The van der Waals surface area contributed by atoms with Gasteiger partial charge in [0.25, 0.3) is 0 Å². The topological polar surface area (TPSA) is 20.3 Å². The van der Waals surface area contributed by atoms with Crippen LogP contribution in [0.3, 0.4) is 0 Å². The minimum atomic E-state index is -0.0521. The van der Waals surface area contributed by atoms with Gasteiger partial charge in [0.15, 0.2) is 5.78 Å². The monoisotopic (exact) mass is 279 g/mol. The van der Waals surface area contributed by atoms with Gasteiger partial charge in [-0.05, 0) is 57.3 Å². The Bertz CT molecular complexity index is 446. The summed E-state index contributed by atoms with van der Waals surface area (Å²) in [6.07, 6.45) is 3.65. The lowest BCUT2D eigenvalue weighted by Crippen LogP contribution is -2.39. The Balaban J connectivity index is 2.06. The second kappa shape index (κ2) is 6.53. The molecule has 0 aliphatic carbocycles. The molecule has 19 heavy (non-hydrogen) atoms. The fraction of sp³-hybridized carbons (Fsp3) is 0.562. The highest BCUT2D eigenvalue weighted by molar-refractivity contribution is 6.31. The fourth-order valence-corrected chi connectivity index (χ4v) is 2.91. The molecular formula is C16H22ClNO. The second-order valence-electron chi connectivity index (χ2n) is 5.62. The van der Waals surface area contributed by atoms with Crippen LogP contribution in [0.15, 0.2) is 24.3 Å². The molecule has 3 heteroatoms. The number of likely N-dealkylation sites (tertiary alicyclic amines) is 1. The van der Waals surface area contributed by atoms with E-state index in [2.05, 4.69) is 11.8 Å². The first-order valence-electron chi connectivity index (χ1n) is 7.12. The summed E-state index contributed by atoms with van der Waals surface area (Å²) in [7, 11) is 0. The van der Waals surface area contributed by atoms with Crippen molar-refractivity contribution in [2.75, 3.05) is 13.1 Å². The first-order chi connectivity index (χ1) is 9.08. The van der Waals surface area contributed by atoms with Gasteiger partial charge in [-0.15, -0.1) is 0 Å². The van der Waals surface area contributed by atoms with Crippen molar-refractivity contribution in [1.82, 2.24) is 4.90 Å². The highest BCUT2D eigenvalue weighted by Gasteiger charge is 2.24. The van der Waals surface area contributed by atoms with Gasteiger partial charge in [0, 0.05) is 10.6 Å². The van der Waals surface area contributed by atoms with E-state index >= 15 is 0 Å². The summed E-state index contributed by atoms with van der Waals surface area (Å²) in [5.74, 6) is 0.954. The van der Waals surface area contributed by atoms with Crippen molar-refractivity contribution in [2.45, 2.75) is 39.2 Å². The minimum Gasteiger partial charge on any atom is -0.293 e. The quantitative estimate of drug-likeness (QED) is 0.779. The van der Waals surface area contributed by atoms with Crippen LogP contribution >= 0.6 is 11.6 Å². The van der Waals surface area contributed by atoms with Crippen LogP contribution in [-0.4, -0.2) is 29.8 Å². The summed E-state index contributed by atoms with van der Waals surface area (Å²) < 4.78 is 0. The Hall–Kier alpha value is -0.860. The van der Waals surface area contributed by atoms with Crippen LogP contribution in [0.25, 0.3) is 0 Å². The number of hydrogen-bond acceptors (Lipinski definition) is 2. The standard InChI is InChI=1S/C16H22ClNO/c1-12-5-4-9-18(10-8-12)13(2)16(19)14-6-3-7-15(17)11-14/h3,6-7,11-13H,4-5,8-10H2,1-2H3. The van der Waals surface area contributed by atoms with E-state index in [1.54, 1.807) is 12.1 Å². The van der Waals surface area contributed by atoms with Crippen LogP contribution in [0, 0.1) is 5.92 Å². The van der Waals surface area contributed by atoms with Crippen molar-refractivity contribution in [3.05, 3.63) is 34.9 Å². The third-order valence-corrected chi connectivity index (χ3v) is 4.32. The molecule has 2 unspecified atom stereocenters. The van der Waals surface area contributed by atoms with Gasteiger partial charge < -0.3 is 0 Å². The van der Waals surface area contributed by atoms with Crippen LogP contribution in [0.5, 0.6) is 0 Å². The normalized spacial score (nSPS) is 22.8. The molecule has 1 heterocycles. The summed E-state index contributed by atoms with van der Waals surface area (Å²) in [6, 6.07) is 7.21. The maximum absolute atomic E-state index is 12.5. The molecule has 0 amide bonds. The third kappa shape index (κ3) is 3.80. The Kier molecular flexibility index (Phi) is 5.00. The number of hydrogen-bond donors (Lipinski definition) is 0. The van der Waals surface area contributed by atoms with Crippen LogP contribution in [-0.2, 0) is 0 Å². The lowest BCUT2D eigenvalue weighted by Gasteiger charge is -2.26. The largest absolute Gasteiger partial charge is 0.293 e. The van der Waals surface area contributed by atoms with Gasteiger partial charge in [0.05, 0.1) is 6.04 Å². The van der Waals surface area contributed by atoms with E-state index in [9.17, 15) is 4.79 Å². The highest BCUT2D eigenvalue weighted by Crippen LogP contribution is 2.20. The average molecular weight is 280 g/mol. The lowest BCUT2D eigenvalue weighted by atomic mass is 10.0. The van der Waals surface area contributed by atoms with Gasteiger partial charge in [-0.1, -0.05) is 30.7 Å². The number of ketones is 1. The molecule has 104 valence electrons. The zero-order chi connectivity index (χ0) is 13.8. The van der Waals surface area contributed by atoms with Crippen molar-refractivity contribution >= 4 is 17.4 Å². The number of halogens is 1. The van der Waals surface area contributed by atoms with E-state index < -0.39 is 0 Å². The number of nitrogens with zero attached hydrogens (tertiary/aromatic N) is 1. The first-order valence-corrected chi connectivity index (χ1v) is 7.49. The van der Waals surface area contributed by atoms with Crippen LogP contribution in [0.2, 0.25) is 5.02 Å². The molecule has 1 aromatic rings. The molecule has 1 aliphatic rings. The smallest absolute Gasteiger partial charge is 0.179 e. The molecule has 0 N–H and O–H groups in total.